The first kappa shape index (κ1) is 15.7. The Morgan fingerprint density at radius 1 is 1.35 bits per heavy atom. The molecule has 0 aromatic carbocycles. The fraction of sp³-hybridized carbons (Fsp3) is 0.583. The van der Waals surface area contributed by atoms with Gasteiger partial charge in [0.25, 0.3) is 6.23 Å². The van der Waals surface area contributed by atoms with E-state index >= 15 is 0 Å². The molecule has 20 heavy (non-hydrogen) atoms. The van der Waals surface area contributed by atoms with Gasteiger partial charge in [-0.05, 0) is 12.5 Å². The predicted octanol–water partition coefficient (Wildman–Crippen LogP) is -0.616. The SMILES string of the molecule is CCc1ccc[n+](C2OC(COP(O)O)C(O)C2O)c1. The minimum Gasteiger partial charge on any atom is -0.387 e. The van der Waals surface area contributed by atoms with Crippen molar-refractivity contribution in [2.24, 2.45) is 0 Å². The van der Waals surface area contributed by atoms with Crippen LogP contribution in [-0.2, 0) is 15.7 Å². The third-order valence-corrected chi connectivity index (χ3v) is 3.66. The zero-order chi connectivity index (χ0) is 14.7. The van der Waals surface area contributed by atoms with Gasteiger partial charge in [-0.25, -0.2) is 0 Å². The van der Waals surface area contributed by atoms with Crippen LogP contribution < -0.4 is 4.57 Å². The van der Waals surface area contributed by atoms with E-state index in [0.717, 1.165) is 12.0 Å². The number of aryl methyl sites for hydroxylation is 1. The van der Waals surface area contributed by atoms with Gasteiger partial charge in [-0.15, -0.1) is 0 Å². The van der Waals surface area contributed by atoms with E-state index in [4.69, 9.17) is 14.5 Å². The molecule has 4 unspecified atom stereocenters. The van der Waals surface area contributed by atoms with Gasteiger partial charge in [-0.1, -0.05) is 6.92 Å². The first-order chi connectivity index (χ1) is 9.52. The molecule has 7 nitrogen and oxygen atoms in total. The van der Waals surface area contributed by atoms with E-state index in [9.17, 15) is 10.2 Å². The highest BCUT2D eigenvalue weighted by Crippen LogP contribution is 2.30. The van der Waals surface area contributed by atoms with Gasteiger partial charge in [-0.2, -0.15) is 4.57 Å². The molecule has 0 bridgehead atoms. The molecule has 0 radical (unpaired) electrons. The van der Waals surface area contributed by atoms with Crippen LogP contribution in [0.5, 0.6) is 0 Å². The highest BCUT2D eigenvalue weighted by Gasteiger charge is 2.48. The van der Waals surface area contributed by atoms with Crippen LogP contribution in [0.3, 0.4) is 0 Å². The van der Waals surface area contributed by atoms with E-state index < -0.39 is 33.1 Å². The summed E-state index contributed by atoms with van der Waals surface area (Å²) in [4.78, 5) is 17.4. The first-order valence-corrected chi connectivity index (χ1v) is 7.51. The summed E-state index contributed by atoms with van der Waals surface area (Å²) < 4.78 is 11.9. The first-order valence-electron chi connectivity index (χ1n) is 6.35. The van der Waals surface area contributed by atoms with Crippen molar-refractivity contribution in [1.82, 2.24) is 0 Å². The summed E-state index contributed by atoms with van der Waals surface area (Å²) in [6, 6.07) is 3.80. The van der Waals surface area contributed by atoms with Crippen LogP contribution in [0.2, 0.25) is 0 Å². The molecule has 4 atom stereocenters. The Hall–Kier alpha value is -0.660. The number of hydrogen-bond donors (Lipinski definition) is 4. The van der Waals surface area contributed by atoms with Crippen LogP contribution in [0.4, 0.5) is 0 Å². The van der Waals surface area contributed by atoms with Gasteiger partial charge in [0.1, 0.15) is 12.2 Å². The highest BCUT2D eigenvalue weighted by molar-refractivity contribution is 7.39. The summed E-state index contributed by atoms with van der Waals surface area (Å²) >= 11 is 0. The van der Waals surface area contributed by atoms with E-state index in [1.165, 1.54) is 0 Å². The lowest BCUT2D eigenvalue weighted by Crippen LogP contribution is -2.46. The second-order valence-electron chi connectivity index (χ2n) is 4.61. The Balaban J connectivity index is 2.09. The van der Waals surface area contributed by atoms with Gasteiger partial charge < -0.3 is 29.3 Å². The Bertz CT molecular complexity index is 446. The molecule has 4 N–H and O–H groups in total. The Morgan fingerprint density at radius 2 is 2.10 bits per heavy atom. The van der Waals surface area contributed by atoms with Gasteiger partial charge in [-0.3, -0.25) is 0 Å². The summed E-state index contributed by atoms with van der Waals surface area (Å²) in [7, 11) is -2.51. The van der Waals surface area contributed by atoms with Crippen molar-refractivity contribution in [3.63, 3.8) is 0 Å². The molecular formula is C12H19NO6P+. The van der Waals surface area contributed by atoms with E-state index in [1.54, 1.807) is 10.8 Å². The van der Waals surface area contributed by atoms with Crippen molar-refractivity contribution in [2.45, 2.75) is 37.9 Å². The van der Waals surface area contributed by atoms with Gasteiger partial charge >= 0.3 is 8.60 Å². The topological polar surface area (TPSA) is 103 Å². The standard InChI is InChI=1S/C12H19NO6P/c1-2-8-4-3-5-13(6-8)12-11(15)10(14)9(19-12)7-18-20(16)17/h3-6,9-12,14-17H,2,7H2,1H3/q+1. The lowest BCUT2D eigenvalue weighted by Gasteiger charge is -2.13. The van der Waals surface area contributed by atoms with Gasteiger partial charge in [0.05, 0.1) is 6.61 Å². The second-order valence-corrected chi connectivity index (χ2v) is 5.37. The summed E-state index contributed by atoms with van der Waals surface area (Å²) in [5.74, 6) is 0. The lowest BCUT2D eigenvalue weighted by atomic mass is 10.1. The van der Waals surface area contributed by atoms with Crippen LogP contribution in [0.25, 0.3) is 0 Å². The van der Waals surface area contributed by atoms with Crippen LogP contribution >= 0.6 is 8.60 Å². The maximum absolute atomic E-state index is 10.0. The largest absolute Gasteiger partial charge is 0.387 e. The number of aromatic nitrogens is 1. The molecule has 0 aliphatic carbocycles. The molecule has 1 aliphatic rings. The van der Waals surface area contributed by atoms with Crippen molar-refractivity contribution in [1.29, 1.82) is 0 Å². The molecule has 8 heteroatoms. The number of pyridine rings is 1. The molecule has 0 amide bonds. The fourth-order valence-electron chi connectivity index (χ4n) is 2.16. The molecule has 2 rings (SSSR count). The quantitative estimate of drug-likeness (QED) is 0.427. The van der Waals surface area contributed by atoms with Gasteiger partial charge in [0.15, 0.2) is 18.5 Å². The van der Waals surface area contributed by atoms with Crippen LogP contribution in [0.15, 0.2) is 24.5 Å². The van der Waals surface area contributed by atoms with E-state index in [-0.39, 0.29) is 6.61 Å². The van der Waals surface area contributed by atoms with Crippen LogP contribution in [-0.4, -0.2) is 44.9 Å². The molecule has 1 saturated heterocycles. The van der Waals surface area contributed by atoms with Crippen molar-refractivity contribution >= 4 is 8.60 Å². The minimum absolute atomic E-state index is 0.193. The Kier molecular flexibility index (Phi) is 5.40. The molecule has 112 valence electrons. The van der Waals surface area contributed by atoms with Crippen molar-refractivity contribution in [2.75, 3.05) is 6.61 Å². The summed E-state index contributed by atoms with van der Waals surface area (Å²) in [6.45, 7) is 1.82. The number of nitrogens with zero attached hydrogens (tertiary/aromatic N) is 1. The molecule has 2 heterocycles. The van der Waals surface area contributed by atoms with E-state index in [2.05, 4.69) is 4.52 Å². The van der Waals surface area contributed by atoms with Crippen LogP contribution in [0.1, 0.15) is 18.7 Å². The molecule has 1 aromatic heterocycles. The van der Waals surface area contributed by atoms with Crippen molar-refractivity contribution in [3.05, 3.63) is 30.1 Å². The molecule has 1 aliphatic heterocycles. The number of ether oxygens (including phenoxy) is 1. The zero-order valence-electron chi connectivity index (χ0n) is 11.0. The second kappa shape index (κ2) is 6.87. The molecular weight excluding hydrogens is 285 g/mol. The Labute approximate surface area is 118 Å². The molecule has 0 saturated carbocycles. The minimum atomic E-state index is -2.51. The zero-order valence-corrected chi connectivity index (χ0v) is 11.9. The average molecular weight is 304 g/mol. The number of rotatable bonds is 5. The summed E-state index contributed by atoms with van der Waals surface area (Å²) in [6.07, 6.45) is 0.642. The summed E-state index contributed by atoms with van der Waals surface area (Å²) in [5.41, 5.74) is 1.08. The lowest BCUT2D eigenvalue weighted by molar-refractivity contribution is -0.766. The maximum atomic E-state index is 10.0. The highest BCUT2D eigenvalue weighted by atomic mass is 31.2. The number of aliphatic hydroxyl groups is 2. The third-order valence-electron chi connectivity index (χ3n) is 3.28. The smallest absolute Gasteiger partial charge is 0.327 e. The number of hydrogen-bond acceptors (Lipinski definition) is 6. The van der Waals surface area contributed by atoms with E-state index in [1.807, 2.05) is 25.3 Å². The van der Waals surface area contributed by atoms with Gasteiger partial charge in [0.2, 0.25) is 0 Å². The monoisotopic (exact) mass is 304 g/mol. The van der Waals surface area contributed by atoms with Crippen molar-refractivity contribution < 1.29 is 33.8 Å². The van der Waals surface area contributed by atoms with Gasteiger partial charge in [0, 0.05) is 11.6 Å². The third kappa shape index (κ3) is 3.51. The fourth-order valence-corrected chi connectivity index (χ4v) is 2.44. The van der Waals surface area contributed by atoms with E-state index in [0.29, 0.717) is 0 Å². The van der Waals surface area contributed by atoms with Crippen LogP contribution in [0, 0.1) is 0 Å². The predicted molar refractivity (Wildman–Crippen MR) is 69.2 cm³/mol. The normalized spacial score (nSPS) is 30.1. The molecule has 1 aromatic rings. The average Bonchev–Trinajstić information content (AvgIpc) is 2.73. The number of aliphatic hydroxyl groups excluding tert-OH is 2. The maximum Gasteiger partial charge on any atom is 0.327 e. The molecule has 1 fully saturated rings. The molecule has 0 spiro atoms. The summed E-state index contributed by atoms with van der Waals surface area (Å²) in [5, 5.41) is 19.9. The van der Waals surface area contributed by atoms with Crippen molar-refractivity contribution in [3.8, 4) is 0 Å². The Morgan fingerprint density at radius 3 is 2.75 bits per heavy atom.